The van der Waals surface area contributed by atoms with Crippen LogP contribution in [0.5, 0.6) is 0 Å². The molecule has 1 aliphatic heterocycles. The van der Waals surface area contributed by atoms with Crippen LogP contribution in [-0.2, 0) is 11.3 Å². The minimum atomic E-state index is 0.282. The lowest BCUT2D eigenvalue weighted by molar-refractivity contribution is 0.0527. The molecule has 1 heterocycles. The van der Waals surface area contributed by atoms with Gasteiger partial charge in [0.1, 0.15) is 0 Å². The van der Waals surface area contributed by atoms with Crippen molar-refractivity contribution in [1.82, 2.24) is 5.32 Å². The van der Waals surface area contributed by atoms with Crippen LogP contribution in [0.3, 0.4) is 0 Å². The van der Waals surface area contributed by atoms with Crippen LogP contribution in [0.2, 0.25) is 5.02 Å². The van der Waals surface area contributed by atoms with Gasteiger partial charge in [0.2, 0.25) is 0 Å². The summed E-state index contributed by atoms with van der Waals surface area (Å²) in [6.07, 6.45) is 1.29. The Balaban J connectivity index is 1.77. The largest absolute Gasteiger partial charge is 0.372 e. The summed E-state index contributed by atoms with van der Waals surface area (Å²) < 4.78 is 5.80. The molecule has 0 unspecified atom stereocenters. The normalized spacial score (nSPS) is 24.9. The Morgan fingerprint density at radius 1 is 1.38 bits per heavy atom. The number of nitrogens with one attached hydrogen (secondary N) is 1. The highest BCUT2D eigenvalue weighted by Crippen LogP contribution is 2.14. The average molecular weight is 241 g/mol. The van der Waals surface area contributed by atoms with Crippen molar-refractivity contribution < 1.29 is 4.74 Å². The molecular formula is C12H17ClN2O. The van der Waals surface area contributed by atoms with Gasteiger partial charge < -0.3 is 15.8 Å². The topological polar surface area (TPSA) is 47.3 Å². The molecule has 0 spiro atoms. The fourth-order valence-corrected chi connectivity index (χ4v) is 2.01. The van der Waals surface area contributed by atoms with Crippen LogP contribution in [0.1, 0.15) is 12.0 Å². The smallest absolute Gasteiger partial charge is 0.0721 e. The van der Waals surface area contributed by atoms with E-state index in [2.05, 4.69) is 5.32 Å². The summed E-state index contributed by atoms with van der Waals surface area (Å²) in [5.74, 6) is 0. The fourth-order valence-electron chi connectivity index (χ4n) is 1.88. The van der Waals surface area contributed by atoms with E-state index < -0.39 is 0 Å². The minimum Gasteiger partial charge on any atom is -0.372 e. The zero-order chi connectivity index (χ0) is 11.4. The van der Waals surface area contributed by atoms with Crippen LogP contribution in [0.25, 0.3) is 0 Å². The summed E-state index contributed by atoms with van der Waals surface area (Å²) in [5, 5.41) is 4.09. The van der Waals surface area contributed by atoms with Gasteiger partial charge in [-0.25, -0.2) is 0 Å². The van der Waals surface area contributed by atoms with E-state index in [0.717, 1.165) is 23.6 Å². The predicted octanol–water partition coefficient (Wildman–Crippen LogP) is 1.55. The summed E-state index contributed by atoms with van der Waals surface area (Å²) >= 11 is 5.81. The van der Waals surface area contributed by atoms with Gasteiger partial charge in [0.05, 0.1) is 12.7 Å². The number of hydrogen-bond donors (Lipinski definition) is 2. The van der Waals surface area contributed by atoms with Crippen LogP contribution in [0.4, 0.5) is 0 Å². The molecule has 16 heavy (non-hydrogen) atoms. The lowest BCUT2D eigenvalue weighted by atomic mass is 10.2. The quantitative estimate of drug-likeness (QED) is 0.840. The molecule has 3 N–H and O–H groups in total. The third-order valence-corrected chi connectivity index (χ3v) is 3.12. The Hall–Kier alpha value is -0.610. The van der Waals surface area contributed by atoms with Crippen molar-refractivity contribution in [2.75, 3.05) is 13.1 Å². The van der Waals surface area contributed by atoms with Crippen molar-refractivity contribution >= 4 is 11.6 Å². The van der Waals surface area contributed by atoms with Gasteiger partial charge in [0, 0.05) is 24.2 Å². The maximum absolute atomic E-state index is 5.81. The maximum Gasteiger partial charge on any atom is 0.0721 e. The van der Waals surface area contributed by atoms with Gasteiger partial charge in [-0.05, 0) is 24.1 Å². The van der Waals surface area contributed by atoms with Gasteiger partial charge in [-0.2, -0.15) is 0 Å². The van der Waals surface area contributed by atoms with Gasteiger partial charge in [0.15, 0.2) is 0 Å². The van der Waals surface area contributed by atoms with E-state index in [4.69, 9.17) is 22.1 Å². The van der Waals surface area contributed by atoms with E-state index in [-0.39, 0.29) is 6.10 Å². The highest BCUT2D eigenvalue weighted by atomic mass is 35.5. The number of benzene rings is 1. The van der Waals surface area contributed by atoms with Gasteiger partial charge in [-0.15, -0.1) is 0 Å². The van der Waals surface area contributed by atoms with Gasteiger partial charge in [0.25, 0.3) is 0 Å². The fraction of sp³-hybridized carbons (Fsp3) is 0.500. The van der Waals surface area contributed by atoms with Crippen LogP contribution >= 0.6 is 11.6 Å². The van der Waals surface area contributed by atoms with Gasteiger partial charge in [-0.3, -0.25) is 0 Å². The summed E-state index contributed by atoms with van der Waals surface area (Å²) in [6.45, 7) is 2.22. The molecule has 1 aromatic rings. The molecule has 0 radical (unpaired) electrons. The Kier molecular flexibility index (Phi) is 4.18. The molecule has 0 bridgehead atoms. The molecule has 1 saturated heterocycles. The number of rotatable bonds is 4. The Labute approximate surface area is 101 Å². The third kappa shape index (κ3) is 3.19. The van der Waals surface area contributed by atoms with E-state index >= 15 is 0 Å². The first-order valence-corrected chi connectivity index (χ1v) is 5.95. The standard InChI is InChI=1S/C12H17ClN2O/c13-10-3-1-9(2-4-10)8-16-12-5-11(6-14)15-7-12/h1-4,11-12,15H,5-8,14H2/t11-,12-/m0/s1. The van der Waals surface area contributed by atoms with E-state index in [9.17, 15) is 0 Å². The lowest BCUT2D eigenvalue weighted by Crippen LogP contribution is -2.29. The van der Waals surface area contributed by atoms with E-state index in [1.807, 2.05) is 24.3 Å². The Morgan fingerprint density at radius 3 is 2.75 bits per heavy atom. The summed E-state index contributed by atoms with van der Waals surface area (Å²) in [5.41, 5.74) is 6.74. The number of ether oxygens (including phenoxy) is 1. The van der Waals surface area contributed by atoms with Crippen molar-refractivity contribution in [2.24, 2.45) is 5.73 Å². The first kappa shape index (κ1) is 11.9. The average Bonchev–Trinajstić information content (AvgIpc) is 2.76. The SMILES string of the molecule is NC[C@@H]1C[C@H](OCc2ccc(Cl)cc2)CN1. The van der Waals surface area contributed by atoms with Crippen LogP contribution < -0.4 is 11.1 Å². The number of halogens is 1. The van der Waals surface area contributed by atoms with Crippen molar-refractivity contribution in [3.63, 3.8) is 0 Å². The predicted molar refractivity (Wildman–Crippen MR) is 65.5 cm³/mol. The zero-order valence-corrected chi connectivity index (χ0v) is 9.91. The molecular weight excluding hydrogens is 224 g/mol. The zero-order valence-electron chi connectivity index (χ0n) is 9.16. The van der Waals surface area contributed by atoms with Crippen molar-refractivity contribution in [3.05, 3.63) is 34.9 Å². The molecule has 1 fully saturated rings. The first-order chi connectivity index (χ1) is 7.78. The van der Waals surface area contributed by atoms with Crippen molar-refractivity contribution in [1.29, 1.82) is 0 Å². The molecule has 0 aliphatic carbocycles. The molecule has 2 atom stereocenters. The summed E-state index contributed by atoms with van der Waals surface area (Å²) in [7, 11) is 0. The van der Waals surface area contributed by atoms with Gasteiger partial charge in [-0.1, -0.05) is 23.7 Å². The van der Waals surface area contributed by atoms with Crippen LogP contribution in [0, 0.1) is 0 Å². The van der Waals surface area contributed by atoms with Crippen molar-refractivity contribution in [2.45, 2.75) is 25.2 Å². The first-order valence-electron chi connectivity index (χ1n) is 5.57. The van der Waals surface area contributed by atoms with Crippen LogP contribution in [-0.4, -0.2) is 25.2 Å². The second-order valence-corrected chi connectivity index (χ2v) is 4.57. The highest BCUT2D eigenvalue weighted by Gasteiger charge is 2.23. The highest BCUT2D eigenvalue weighted by molar-refractivity contribution is 6.30. The van der Waals surface area contributed by atoms with E-state index in [1.54, 1.807) is 0 Å². The summed E-state index contributed by atoms with van der Waals surface area (Å²) in [4.78, 5) is 0. The molecule has 4 heteroatoms. The van der Waals surface area contributed by atoms with Crippen molar-refractivity contribution in [3.8, 4) is 0 Å². The summed E-state index contributed by atoms with van der Waals surface area (Å²) in [6, 6.07) is 8.16. The monoisotopic (exact) mass is 240 g/mol. The molecule has 1 aliphatic rings. The van der Waals surface area contributed by atoms with Gasteiger partial charge >= 0.3 is 0 Å². The molecule has 2 rings (SSSR count). The number of hydrogen-bond acceptors (Lipinski definition) is 3. The minimum absolute atomic E-state index is 0.282. The second-order valence-electron chi connectivity index (χ2n) is 4.14. The lowest BCUT2D eigenvalue weighted by Gasteiger charge is -2.11. The Bertz CT molecular complexity index is 328. The molecule has 0 aromatic heterocycles. The molecule has 88 valence electrons. The van der Waals surface area contributed by atoms with Crippen LogP contribution in [0.15, 0.2) is 24.3 Å². The molecule has 0 saturated carbocycles. The molecule has 1 aromatic carbocycles. The molecule has 3 nitrogen and oxygen atoms in total. The van der Waals surface area contributed by atoms with E-state index in [1.165, 1.54) is 0 Å². The number of nitrogens with two attached hydrogens (primary N) is 1. The molecule has 0 amide bonds. The third-order valence-electron chi connectivity index (χ3n) is 2.87. The second kappa shape index (κ2) is 5.64. The van der Waals surface area contributed by atoms with E-state index in [0.29, 0.717) is 19.2 Å². The Morgan fingerprint density at radius 2 is 2.12 bits per heavy atom. The maximum atomic E-state index is 5.81.